The fourth-order valence-electron chi connectivity index (χ4n) is 2.38. The molecule has 4 N–H and O–H groups in total. The molecule has 2 heterocycles. The molecule has 14 nitrogen and oxygen atoms in total. The summed E-state index contributed by atoms with van der Waals surface area (Å²) >= 11 is 7.30. The van der Waals surface area contributed by atoms with Crippen LogP contribution in [0.1, 0.15) is 7.12 Å². The number of alkyl halides is 1. The summed E-state index contributed by atoms with van der Waals surface area (Å²) in [7, 11) is -3.69. The van der Waals surface area contributed by atoms with E-state index in [1.54, 1.807) is 0 Å². The fraction of sp³-hybridized carbons (Fsp3) is 0.429. The fourth-order valence-corrected chi connectivity index (χ4v) is 5.48. The van der Waals surface area contributed by atoms with Crippen LogP contribution in [0.25, 0.3) is 0 Å². The topological polar surface area (TPSA) is 196 Å². The van der Waals surface area contributed by atoms with E-state index in [-0.39, 0.29) is 70.0 Å². The molecule has 0 bridgehead atoms. The molecule has 0 aliphatic carbocycles. The second-order valence-electron chi connectivity index (χ2n) is 5.74. The number of amides is 4. The summed E-state index contributed by atoms with van der Waals surface area (Å²) < 4.78 is 32.5. The van der Waals surface area contributed by atoms with Gasteiger partial charge in [-0.15, -0.1) is 34.7 Å². The van der Waals surface area contributed by atoms with E-state index in [9.17, 15) is 32.1 Å². The van der Waals surface area contributed by atoms with Gasteiger partial charge in [-0.05, 0) is 0 Å². The number of anilines is 1. The predicted molar refractivity (Wildman–Crippen MR) is 117 cm³/mol. The first-order chi connectivity index (χ1) is 15.1. The molecule has 0 radical (unpaired) electrons. The number of nitrogens with zero attached hydrogens (tertiary/aromatic N) is 3. The summed E-state index contributed by atoms with van der Waals surface area (Å²) in [5, 5.41) is 11.1. The Morgan fingerprint density at radius 1 is 1.52 bits per heavy atom. The van der Waals surface area contributed by atoms with Crippen LogP contribution in [-0.4, -0.2) is 88.8 Å². The summed E-state index contributed by atoms with van der Waals surface area (Å²) in [5.41, 5.74) is -0.336. The minimum absolute atomic E-state index is 0. The number of hydrogen-bond donors (Lipinski definition) is 4. The quantitative estimate of drug-likeness (QED) is 0.0288. The van der Waals surface area contributed by atoms with Crippen molar-refractivity contribution in [2.45, 2.75) is 11.4 Å². The molecule has 178 valence electrons. The van der Waals surface area contributed by atoms with Crippen molar-refractivity contribution in [1.29, 1.82) is 0 Å². The van der Waals surface area contributed by atoms with Crippen molar-refractivity contribution < 1.29 is 68.0 Å². The van der Waals surface area contributed by atoms with E-state index in [1.807, 2.05) is 0 Å². The van der Waals surface area contributed by atoms with Crippen molar-refractivity contribution in [3.63, 3.8) is 0 Å². The second-order valence-corrected chi connectivity index (χ2v) is 9.38. The molecule has 0 spiro atoms. The predicted octanol–water partition coefficient (Wildman–Crippen LogP) is -4.28. The van der Waals surface area contributed by atoms with Gasteiger partial charge in [-0.25, -0.2) is 4.98 Å². The van der Waals surface area contributed by atoms with Crippen LogP contribution in [0, 0.1) is 0 Å². The number of aromatic nitrogens is 1. The number of rotatable bonds is 12. The van der Waals surface area contributed by atoms with Gasteiger partial charge < -0.3 is 22.2 Å². The summed E-state index contributed by atoms with van der Waals surface area (Å²) in [6, 6.07) is -1.32. The average Bonchev–Trinajstić information content (AvgIpc) is 3.18. The Labute approximate surface area is 224 Å². The zero-order valence-electron chi connectivity index (χ0n) is 18.2. The Morgan fingerprint density at radius 2 is 2.21 bits per heavy atom. The van der Waals surface area contributed by atoms with Crippen LogP contribution in [0.2, 0.25) is 0 Å². The number of carbonyl (C=O) groups is 4. The van der Waals surface area contributed by atoms with Crippen LogP contribution >= 0.6 is 34.7 Å². The third-order valence-corrected chi connectivity index (χ3v) is 6.97. The molecule has 0 saturated carbocycles. The monoisotopic (exact) mass is 552 g/mol. The summed E-state index contributed by atoms with van der Waals surface area (Å²) in [6.07, 6.45) is 0.442. The van der Waals surface area contributed by atoms with Gasteiger partial charge in [0.1, 0.15) is 30.1 Å². The molecule has 1 aliphatic rings. The number of hydrogen-bond acceptors (Lipinski definition) is 11. The van der Waals surface area contributed by atoms with Gasteiger partial charge in [-0.3, -0.25) is 23.7 Å². The van der Waals surface area contributed by atoms with Crippen molar-refractivity contribution in [3.05, 3.63) is 11.1 Å². The van der Waals surface area contributed by atoms with Gasteiger partial charge in [0.05, 0.1) is 0 Å². The van der Waals surface area contributed by atoms with Gasteiger partial charge in [0.25, 0.3) is 11.8 Å². The van der Waals surface area contributed by atoms with Crippen LogP contribution in [0.15, 0.2) is 10.5 Å². The molecule has 33 heavy (non-hydrogen) atoms. The molecule has 19 heteroatoms. The third kappa shape index (κ3) is 7.78. The van der Waals surface area contributed by atoms with E-state index in [1.165, 1.54) is 12.5 Å². The van der Waals surface area contributed by atoms with Gasteiger partial charge in [0, 0.05) is 17.7 Å². The van der Waals surface area contributed by atoms with Crippen molar-refractivity contribution in [2.75, 3.05) is 30.6 Å². The molecular formula is C14H18ClN6NaO8S3. The van der Waals surface area contributed by atoms with Crippen LogP contribution in [0.3, 0.4) is 0 Å². The molecule has 0 aromatic carbocycles. The van der Waals surface area contributed by atoms with Gasteiger partial charge in [0.15, 0.2) is 10.8 Å². The number of thioether (sulfide) groups is 1. The molecular weight excluding hydrogens is 535 g/mol. The smallest absolute Gasteiger partial charge is 1.00 e. The van der Waals surface area contributed by atoms with E-state index in [2.05, 4.69) is 30.9 Å². The maximum Gasteiger partial charge on any atom is 1.00 e. The molecule has 1 aromatic heterocycles. The zero-order valence-corrected chi connectivity index (χ0v) is 22.4. The standard InChI is InChI=1S/C14H17ClN6O8S3.Na.H/c1-29-20-9(7-5-31-14(17-7)18-8(23)4-15)11(24)19-10-12(25)21(32(26,27)28)13(10)30-3-2-16-6-22;;/h5-6,10,13H,2-4H2,1H3,(H,16,22)(H,19,24)(H,17,18,23)(H,26,27,28);;/q;+1;-1. The largest absolute Gasteiger partial charge is 1.00 e. The van der Waals surface area contributed by atoms with Gasteiger partial charge in [-0.1, -0.05) is 5.16 Å². The molecule has 1 aliphatic heterocycles. The maximum atomic E-state index is 12.7. The first kappa shape index (κ1) is 29.6. The zero-order chi connectivity index (χ0) is 23.9. The number of carbonyl (C=O) groups excluding carboxylic acids is 4. The molecule has 1 saturated heterocycles. The molecule has 1 aromatic rings. The molecule has 4 amide bonds. The van der Waals surface area contributed by atoms with Crippen LogP contribution in [0.4, 0.5) is 5.13 Å². The SMILES string of the molecule is CON=C(C(=O)NC1C(=O)N(S(=O)(=O)O)C1SCCNC=O)c1csc(NC(=O)CCl)n1.[H-].[Na+]. The van der Waals surface area contributed by atoms with Crippen molar-refractivity contribution in [3.8, 4) is 0 Å². The number of β-lactam (4-membered cyclic amide) rings is 1. The first-order valence-corrected chi connectivity index (χ1v) is 12.3. The Morgan fingerprint density at radius 3 is 2.79 bits per heavy atom. The maximum absolute atomic E-state index is 12.7. The van der Waals surface area contributed by atoms with E-state index in [0.717, 1.165) is 23.1 Å². The number of halogens is 1. The first-order valence-electron chi connectivity index (χ1n) is 8.47. The van der Waals surface area contributed by atoms with Crippen LogP contribution in [0.5, 0.6) is 0 Å². The van der Waals surface area contributed by atoms with Crippen LogP contribution < -0.4 is 45.5 Å². The summed E-state index contributed by atoms with van der Waals surface area (Å²) in [6.45, 7) is 0.158. The summed E-state index contributed by atoms with van der Waals surface area (Å²) in [5.74, 6) is -2.62. The molecule has 2 atom stereocenters. The van der Waals surface area contributed by atoms with Crippen LogP contribution in [-0.2, 0) is 34.3 Å². The second kappa shape index (κ2) is 13.4. The van der Waals surface area contributed by atoms with E-state index in [4.69, 9.17) is 11.6 Å². The molecule has 2 rings (SSSR count). The Bertz CT molecular complexity index is 1030. The van der Waals surface area contributed by atoms with E-state index in [0.29, 0.717) is 6.41 Å². The van der Waals surface area contributed by atoms with Crippen molar-refractivity contribution >= 4 is 80.0 Å². The minimum Gasteiger partial charge on any atom is -1.00 e. The summed E-state index contributed by atoms with van der Waals surface area (Å²) in [4.78, 5) is 55.4. The van der Waals surface area contributed by atoms with Gasteiger partial charge in [-0.2, -0.15) is 12.7 Å². The van der Waals surface area contributed by atoms with Gasteiger partial charge in [0.2, 0.25) is 12.3 Å². The molecule has 2 unspecified atom stereocenters. The Kier molecular flexibility index (Phi) is 12.0. The minimum atomic E-state index is -4.86. The average molecular weight is 553 g/mol. The molecule has 1 fully saturated rings. The number of nitrogens with one attached hydrogen (secondary N) is 3. The normalized spacial score (nSPS) is 18.0. The number of oxime groups is 1. The van der Waals surface area contributed by atoms with E-state index < -0.39 is 39.4 Å². The number of thiazole rings is 1. The van der Waals surface area contributed by atoms with Gasteiger partial charge >= 0.3 is 39.9 Å². The Hall–Kier alpha value is -1.47. The van der Waals surface area contributed by atoms with Crippen molar-refractivity contribution in [1.82, 2.24) is 19.9 Å². The van der Waals surface area contributed by atoms with Crippen molar-refractivity contribution in [2.24, 2.45) is 5.16 Å². The Balaban J connectivity index is 0.00000544. The van der Waals surface area contributed by atoms with E-state index >= 15 is 0 Å². The third-order valence-electron chi connectivity index (χ3n) is 3.67.